The second-order valence-corrected chi connectivity index (χ2v) is 6.66. The van der Waals surface area contributed by atoms with Crippen molar-refractivity contribution in [3.05, 3.63) is 29.8 Å². The van der Waals surface area contributed by atoms with Crippen LogP contribution < -0.4 is 5.73 Å². The molecule has 0 aromatic heterocycles. The molecule has 1 aromatic carbocycles. The summed E-state index contributed by atoms with van der Waals surface area (Å²) in [7, 11) is -3.96. The monoisotopic (exact) mass is 314 g/mol. The van der Waals surface area contributed by atoms with Crippen molar-refractivity contribution in [3.8, 4) is 0 Å². The molecule has 0 aliphatic carbocycles. The number of rotatable bonds is 3. The molecule has 3 N–H and O–H groups in total. The Hall–Kier alpha value is -1.64. The zero-order valence-corrected chi connectivity index (χ0v) is 12.4. The normalized spacial score (nSPS) is 23.0. The number of nitrogens with two attached hydrogens (primary N) is 1. The summed E-state index contributed by atoms with van der Waals surface area (Å²) < 4.78 is 29.5. The number of piperidine rings is 1. The van der Waals surface area contributed by atoms with Crippen molar-refractivity contribution < 1.29 is 22.5 Å². The molecule has 8 heteroatoms. The molecule has 1 saturated heterocycles. The van der Waals surface area contributed by atoms with Crippen LogP contribution in [0.25, 0.3) is 0 Å². The Labute approximate surface area is 123 Å². The summed E-state index contributed by atoms with van der Waals surface area (Å²) in [5, 5.41) is 8.97. The van der Waals surface area contributed by atoms with Crippen LogP contribution in [0.2, 0.25) is 0 Å². The topological polar surface area (TPSA) is 110 Å². The van der Waals surface area contributed by atoms with E-state index in [0.29, 0.717) is 6.42 Å². The zero-order chi connectivity index (χ0) is 15.6. The first-order valence-electron chi connectivity index (χ1n) is 6.53. The first-order valence-corrected chi connectivity index (χ1v) is 7.94. The number of hydrogen-bond donors (Lipinski definition) is 2. The summed E-state index contributed by atoms with van der Waals surface area (Å²) in [5.74, 6) is 0. The Morgan fingerprint density at radius 3 is 2.57 bits per heavy atom. The molecule has 1 aromatic rings. The average Bonchev–Trinajstić information content (AvgIpc) is 2.41. The predicted octanol–water partition coefficient (Wildman–Crippen LogP) is 0.780. The van der Waals surface area contributed by atoms with Gasteiger partial charge in [0.1, 0.15) is 6.10 Å². The van der Waals surface area contributed by atoms with Crippen LogP contribution in [-0.4, -0.2) is 49.8 Å². The minimum atomic E-state index is -3.96. The maximum Gasteiger partial charge on any atom is 0.407 e. The van der Waals surface area contributed by atoms with Gasteiger partial charge in [0.05, 0.1) is 11.4 Å². The van der Waals surface area contributed by atoms with Crippen LogP contribution in [0.5, 0.6) is 0 Å². The molecular formula is C13H18N2O5S. The highest BCUT2D eigenvalue weighted by molar-refractivity contribution is 7.86. The number of aryl methyl sites for hydroxylation is 1. The van der Waals surface area contributed by atoms with Gasteiger partial charge in [0.2, 0.25) is 0 Å². The summed E-state index contributed by atoms with van der Waals surface area (Å²) >= 11 is 0. The molecule has 0 bridgehead atoms. The van der Waals surface area contributed by atoms with E-state index in [9.17, 15) is 13.2 Å². The van der Waals surface area contributed by atoms with Crippen molar-refractivity contribution in [2.24, 2.45) is 5.73 Å². The average molecular weight is 314 g/mol. The van der Waals surface area contributed by atoms with Gasteiger partial charge >= 0.3 is 6.09 Å². The van der Waals surface area contributed by atoms with Crippen LogP contribution >= 0.6 is 0 Å². The number of carbonyl (C=O) groups is 1. The SMILES string of the molecule is Cc1ccc(S(=O)(=O)OC2CN(C(=O)O)CCC2N)cc1. The van der Waals surface area contributed by atoms with Crippen molar-refractivity contribution in [1.82, 2.24) is 4.90 Å². The van der Waals surface area contributed by atoms with Gasteiger partial charge in [-0.1, -0.05) is 17.7 Å². The van der Waals surface area contributed by atoms with E-state index in [1.54, 1.807) is 12.1 Å². The van der Waals surface area contributed by atoms with Crippen LogP contribution in [0.15, 0.2) is 29.2 Å². The molecule has 1 heterocycles. The number of nitrogens with zero attached hydrogens (tertiary/aromatic N) is 1. The van der Waals surface area contributed by atoms with Gasteiger partial charge in [-0.25, -0.2) is 4.79 Å². The molecule has 0 radical (unpaired) electrons. The third kappa shape index (κ3) is 3.72. The van der Waals surface area contributed by atoms with Gasteiger partial charge in [-0.2, -0.15) is 8.42 Å². The molecule has 0 saturated carbocycles. The molecule has 2 rings (SSSR count). The van der Waals surface area contributed by atoms with Crippen molar-refractivity contribution in [2.45, 2.75) is 30.4 Å². The lowest BCUT2D eigenvalue weighted by molar-refractivity contribution is 0.0699. The molecule has 2 unspecified atom stereocenters. The zero-order valence-electron chi connectivity index (χ0n) is 11.6. The van der Waals surface area contributed by atoms with Gasteiger partial charge in [0.25, 0.3) is 10.1 Å². The first kappa shape index (κ1) is 15.7. The van der Waals surface area contributed by atoms with Crippen molar-refractivity contribution in [1.29, 1.82) is 0 Å². The lowest BCUT2D eigenvalue weighted by Gasteiger charge is -2.34. The third-order valence-corrected chi connectivity index (χ3v) is 4.79. The van der Waals surface area contributed by atoms with Crippen LogP contribution in [0.1, 0.15) is 12.0 Å². The summed E-state index contributed by atoms with van der Waals surface area (Å²) in [5.41, 5.74) is 6.77. The number of likely N-dealkylation sites (tertiary alicyclic amines) is 1. The summed E-state index contributed by atoms with van der Waals surface area (Å²) in [6.45, 7) is 2.07. The predicted molar refractivity (Wildman–Crippen MR) is 75.4 cm³/mol. The molecule has 116 valence electrons. The van der Waals surface area contributed by atoms with Gasteiger partial charge in [-0.3, -0.25) is 4.18 Å². The van der Waals surface area contributed by atoms with Crippen molar-refractivity contribution in [2.75, 3.05) is 13.1 Å². The summed E-state index contributed by atoms with van der Waals surface area (Å²) in [6, 6.07) is 5.73. The molecule has 2 atom stereocenters. The van der Waals surface area contributed by atoms with E-state index in [1.807, 2.05) is 6.92 Å². The van der Waals surface area contributed by atoms with E-state index in [4.69, 9.17) is 15.0 Å². The maximum atomic E-state index is 12.2. The fourth-order valence-corrected chi connectivity index (χ4v) is 3.24. The quantitative estimate of drug-likeness (QED) is 0.798. The fraction of sp³-hybridized carbons (Fsp3) is 0.462. The van der Waals surface area contributed by atoms with Gasteiger partial charge < -0.3 is 15.7 Å². The standard InChI is InChI=1S/C13H18N2O5S/c1-9-2-4-10(5-3-9)21(18,19)20-12-8-15(13(16)17)7-6-11(12)14/h2-5,11-12H,6-8,14H2,1H3,(H,16,17). The van der Waals surface area contributed by atoms with Crippen LogP contribution in [-0.2, 0) is 14.3 Å². The second-order valence-electron chi connectivity index (χ2n) is 5.08. The minimum Gasteiger partial charge on any atom is -0.465 e. The first-order chi connectivity index (χ1) is 9.79. The molecular weight excluding hydrogens is 296 g/mol. The Kier molecular flexibility index (Phi) is 4.50. The molecule has 1 fully saturated rings. The molecule has 1 aliphatic heterocycles. The van der Waals surface area contributed by atoms with Gasteiger partial charge in [-0.15, -0.1) is 0 Å². The highest BCUT2D eigenvalue weighted by Gasteiger charge is 2.33. The number of benzene rings is 1. The maximum absolute atomic E-state index is 12.2. The van der Waals surface area contributed by atoms with Crippen LogP contribution in [0.4, 0.5) is 4.79 Å². The van der Waals surface area contributed by atoms with Gasteiger partial charge in [0.15, 0.2) is 0 Å². The molecule has 7 nitrogen and oxygen atoms in total. The van der Waals surface area contributed by atoms with E-state index in [1.165, 1.54) is 12.1 Å². The molecule has 0 spiro atoms. The molecule has 1 amide bonds. The van der Waals surface area contributed by atoms with Gasteiger partial charge in [-0.05, 0) is 25.5 Å². The molecule has 1 aliphatic rings. The largest absolute Gasteiger partial charge is 0.465 e. The number of amides is 1. The highest BCUT2D eigenvalue weighted by Crippen LogP contribution is 2.20. The van der Waals surface area contributed by atoms with Crippen LogP contribution in [0, 0.1) is 6.92 Å². The van der Waals surface area contributed by atoms with E-state index in [0.717, 1.165) is 10.5 Å². The summed E-state index contributed by atoms with van der Waals surface area (Å²) in [4.78, 5) is 12.1. The minimum absolute atomic E-state index is 0.0350. The van der Waals surface area contributed by atoms with Crippen LogP contribution in [0.3, 0.4) is 0 Å². The Bertz CT molecular complexity index is 614. The summed E-state index contributed by atoms with van der Waals surface area (Å²) in [6.07, 6.45) is -1.62. The Morgan fingerprint density at radius 2 is 2.00 bits per heavy atom. The lowest BCUT2D eigenvalue weighted by Crippen LogP contribution is -2.53. The third-order valence-electron chi connectivity index (χ3n) is 3.44. The fourth-order valence-electron chi connectivity index (χ4n) is 2.13. The van der Waals surface area contributed by atoms with E-state index >= 15 is 0 Å². The number of carboxylic acid groups (broad SMARTS) is 1. The Morgan fingerprint density at radius 1 is 1.38 bits per heavy atom. The Balaban J connectivity index is 2.14. The second kappa shape index (κ2) is 6.00. The number of hydrogen-bond acceptors (Lipinski definition) is 5. The lowest BCUT2D eigenvalue weighted by atomic mass is 10.0. The van der Waals surface area contributed by atoms with E-state index in [-0.39, 0.29) is 18.0 Å². The van der Waals surface area contributed by atoms with E-state index < -0.39 is 28.4 Å². The van der Waals surface area contributed by atoms with Gasteiger partial charge in [0, 0.05) is 12.6 Å². The van der Waals surface area contributed by atoms with Crippen molar-refractivity contribution >= 4 is 16.2 Å². The highest BCUT2D eigenvalue weighted by atomic mass is 32.2. The van der Waals surface area contributed by atoms with Crippen molar-refractivity contribution in [3.63, 3.8) is 0 Å². The smallest absolute Gasteiger partial charge is 0.407 e. The molecule has 21 heavy (non-hydrogen) atoms. The van der Waals surface area contributed by atoms with E-state index in [2.05, 4.69) is 0 Å².